The highest BCUT2D eigenvalue weighted by Gasteiger charge is 2.31. The number of nitrogens with one attached hydrogen (secondary N) is 2. The number of pyridine rings is 1. The molecule has 0 spiro atoms. The maximum atomic E-state index is 12.7. The Kier molecular flexibility index (Phi) is 5.02. The van der Waals surface area contributed by atoms with Gasteiger partial charge in [-0.25, -0.2) is 8.42 Å². The van der Waals surface area contributed by atoms with E-state index in [0.717, 1.165) is 12.0 Å². The summed E-state index contributed by atoms with van der Waals surface area (Å²) in [5.74, 6) is -0.452. The second kappa shape index (κ2) is 6.68. The lowest BCUT2D eigenvalue weighted by atomic mass is 10.1. The van der Waals surface area contributed by atoms with Crippen molar-refractivity contribution in [3.63, 3.8) is 0 Å². The number of rotatable bonds is 5. The number of halogens is 3. The van der Waals surface area contributed by atoms with E-state index in [1.54, 1.807) is 24.3 Å². The Hall–Kier alpha value is -2.29. The number of anilines is 1. The minimum atomic E-state index is -4.69. The number of benzene rings is 1. The highest BCUT2D eigenvalue weighted by Crippen LogP contribution is 2.29. The molecule has 0 aliphatic rings. The van der Waals surface area contributed by atoms with Crippen LogP contribution in [0, 0.1) is 0 Å². The normalized spacial score (nSPS) is 12.2. The third-order valence-electron chi connectivity index (χ3n) is 3.28. The van der Waals surface area contributed by atoms with Crippen molar-refractivity contribution in [1.82, 2.24) is 4.98 Å². The van der Waals surface area contributed by atoms with Crippen molar-refractivity contribution in [2.45, 2.75) is 25.3 Å². The highest BCUT2D eigenvalue weighted by molar-refractivity contribution is 7.91. The molecule has 0 fully saturated rings. The van der Waals surface area contributed by atoms with Crippen LogP contribution in [0.4, 0.5) is 18.9 Å². The molecule has 5 nitrogen and oxygen atoms in total. The number of aromatic amines is 1. The van der Waals surface area contributed by atoms with Crippen LogP contribution in [0.2, 0.25) is 0 Å². The van der Waals surface area contributed by atoms with Gasteiger partial charge in [-0.1, -0.05) is 31.2 Å². The van der Waals surface area contributed by atoms with Crippen molar-refractivity contribution < 1.29 is 21.6 Å². The molecule has 0 aliphatic heterocycles. The minimum Gasteiger partial charge on any atom is -0.327 e. The molecule has 0 saturated heterocycles. The van der Waals surface area contributed by atoms with Gasteiger partial charge in [0.05, 0.1) is 11.3 Å². The molecule has 2 rings (SSSR count). The third-order valence-corrected chi connectivity index (χ3v) is 4.53. The molecule has 0 bridgehead atoms. The zero-order valence-corrected chi connectivity index (χ0v) is 13.5. The lowest BCUT2D eigenvalue weighted by Gasteiger charge is -2.10. The van der Waals surface area contributed by atoms with Crippen LogP contribution < -0.4 is 10.3 Å². The summed E-state index contributed by atoms with van der Waals surface area (Å²) >= 11 is 0. The maximum absolute atomic E-state index is 12.7. The van der Waals surface area contributed by atoms with E-state index in [9.17, 15) is 26.4 Å². The molecule has 24 heavy (non-hydrogen) atoms. The van der Waals surface area contributed by atoms with Crippen LogP contribution in [-0.4, -0.2) is 13.4 Å². The molecule has 2 N–H and O–H groups in total. The van der Waals surface area contributed by atoms with Crippen LogP contribution in [0.3, 0.4) is 0 Å². The van der Waals surface area contributed by atoms with E-state index in [4.69, 9.17) is 0 Å². The summed E-state index contributed by atoms with van der Waals surface area (Å²) in [7, 11) is -4.03. The predicted octanol–water partition coefficient (Wildman–Crippen LogP) is 2.90. The van der Waals surface area contributed by atoms with Crippen LogP contribution >= 0.6 is 0 Å². The molecule has 0 aliphatic carbocycles. The summed E-state index contributed by atoms with van der Waals surface area (Å²) in [6.07, 6.45) is -3.41. The van der Waals surface area contributed by atoms with Gasteiger partial charge in [0.15, 0.2) is 0 Å². The van der Waals surface area contributed by atoms with Gasteiger partial charge in [-0.05, 0) is 23.6 Å². The third kappa shape index (κ3) is 4.60. The number of aromatic nitrogens is 1. The van der Waals surface area contributed by atoms with Crippen molar-refractivity contribution >= 4 is 15.7 Å². The van der Waals surface area contributed by atoms with Gasteiger partial charge in [-0.15, -0.1) is 0 Å². The maximum Gasteiger partial charge on any atom is 0.417 e. The molecule has 130 valence electrons. The number of aryl methyl sites for hydroxylation is 1. The molecule has 2 aromatic rings. The molecule has 0 radical (unpaired) electrons. The van der Waals surface area contributed by atoms with E-state index in [0.29, 0.717) is 17.8 Å². The van der Waals surface area contributed by atoms with Gasteiger partial charge in [0.2, 0.25) is 10.0 Å². The number of hydrogen-bond acceptors (Lipinski definition) is 3. The van der Waals surface area contributed by atoms with Gasteiger partial charge >= 0.3 is 6.18 Å². The zero-order valence-electron chi connectivity index (χ0n) is 12.6. The van der Waals surface area contributed by atoms with E-state index in [-0.39, 0.29) is 0 Å². The monoisotopic (exact) mass is 360 g/mol. The van der Waals surface area contributed by atoms with Crippen LogP contribution in [0.25, 0.3) is 0 Å². The van der Waals surface area contributed by atoms with E-state index in [2.05, 4.69) is 0 Å². The van der Waals surface area contributed by atoms with Gasteiger partial charge in [0, 0.05) is 6.20 Å². The van der Waals surface area contributed by atoms with E-state index >= 15 is 0 Å². The lowest BCUT2D eigenvalue weighted by Crippen LogP contribution is -2.22. The van der Waals surface area contributed by atoms with Crippen LogP contribution in [0.15, 0.2) is 41.3 Å². The van der Waals surface area contributed by atoms with Crippen LogP contribution in [0.1, 0.15) is 23.6 Å². The first kappa shape index (κ1) is 18.1. The van der Waals surface area contributed by atoms with Gasteiger partial charge in [0.1, 0.15) is 5.69 Å². The summed E-state index contributed by atoms with van der Waals surface area (Å²) in [6, 6.07) is 7.24. The second-order valence-electron chi connectivity index (χ2n) is 5.16. The second-order valence-corrected chi connectivity index (χ2v) is 6.88. The Morgan fingerprint density at radius 3 is 2.25 bits per heavy atom. The van der Waals surface area contributed by atoms with Crippen LogP contribution in [0.5, 0.6) is 0 Å². The Morgan fingerprint density at radius 2 is 1.71 bits per heavy atom. The standard InChI is InChI=1S/C15H15F3N2O3S/c1-2-10-3-5-11(6-4-10)9-24(22,23)20-13-7-12(15(16,17)18)8-19-14(13)21/h3-8,20H,2,9H2,1H3,(H,19,21). The first-order valence-electron chi connectivity index (χ1n) is 6.99. The quantitative estimate of drug-likeness (QED) is 0.861. The summed E-state index contributed by atoms with van der Waals surface area (Å²) in [5.41, 5.74) is -1.28. The fourth-order valence-electron chi connectivity index (χ4n) is 2.02. The Bertz CT molecular complexity index is 872. The predicted molar refractivity (Wildman–Crippen MR) is 84.1 cm³/mol. The topological polar surface area (TPSA) is 79.0 Å². The molecule has 0 unspecified atom stereocenters. The van der Waals surface area contributed by atoms with Gasteiger partial charge < -0.3 is 4.98 Å². The van der Waals surface area contributed by atoms with E-state index in [1.807, 2.05) is 16.6 Å². The summed E-state index contributed by atoms with van der Waals surface area (Å²) in [6.45, 7) is 1.95. The summed E-state index contributed by atoms with van der Waals surface area (Å²) in [4.78, 5) is 13.4. The molecule has 1 aromatic heterocycles. The molecule has 9 heteroatoms. The molecular formula is C15H15F3N2O3S. The lowest BCUT2D eigenvalue weighted by molar-refractivity contribution is -0.137. The number of alkyl halides is 3. The van der Waals surface area contributed by atoms with E-state index in [1.165, 1.54) is 0 Å². The number of H-pyrrole nitrogens is 1. The number of hydrogen-bond donors (Lipinski definition) is 2. The highest BCUT2D eigenvalue weighted by atomic mass is 32.2. The zero-order chi connectivity index (χ0) is 18.0. The van der Waals surface area contributed by atoms with E-state index < -0.39 is 38.8 Å². The fraction of sp³-hybridized carbons (Fsp3) is 0.267. The smallest absolute Gasteiger partial charge is 0.327 e. The Balaban J connectivity index is 2.23. The Labute approximate surface area is 136 Å². The minimum absolute atomic E-state index is 0.452. The first-order valence-corrected chi connectivity index (χ1v) is 8.64. The average Bonchev–Trinajstić information content (AvgIpc) is 2.48. The Morgan fingerprint density at radius 1 is 1.12 bits per heavy atom. The van der Waals surface area contributed by atoms with Crippen molar-refractivity contribution in [2.24, 2.45) is 0 Å². The van der Waals surface area contributed by atoms with Crippen molar-refractivity contribution in [3.8, 4) is 0 Å². The molecular weight excluding hydrogens is 345 g/mol. The van der Waals surface area contributed by atoms with Gasteiger partial charge in [-0.3, -0.25) is 9.52 Å². The summed E-state index contributed by atoms with van der Waals surface area (Å²) in [5, 5.41) is 0. The van der Waals surface area contributed by atoms with Crippen LogP contribution in [-0.2, 0) is 28.4 Å². The number of sulfonamides is 1. The molecule has 0 atom stereocenters. The van der Waals surface area contributed by atoms with Gasteiger partial charge in [-0.2, -0.15) is 13.2 Å². The first-order chi connectivity index (χ1) is 11.1. The summed E-state index contributed by atoms with van der Waals surface area (Å²) < 4.78 is 64.0. The molecule has 1 aromatic carbocycles. The average molecular weight is 360 g/mol. The molecule has 1 heterocycles. The van der Waals surface area contributed by atoms with Gasteiger partial charge in [0.25, 0.3) is 5.56 Å². The SMILES string of the molecule is CCc1ccc(CS(=O)(=O)Nc2cc(C(F)(F)F)c[nH]c2=O)cc1. The van der Waals surface area contributed by atoms with Crippen molar-refractivity contribution in [2.75, 3.05) is 4.72 Å². The molecule has 0 amide bonds. The fourth-order valence-corrected chi connectivity index (χ4v) is 3.21. The largest absolute Gasteiger partial charge is 0.417 e. The van der Waals surface area contributed by atoms with Crippen molar-refractivity contribution in [1.29, 1.82) is 0 Å². The van der Waals surface area contributed by atoms with Crippen molar-refractivity contribution in [3.05, 3.63) is 63.6 Å². The molecule has 0 saturated carbocycles.